The summed E-state index contributed by atoms with van der Waals surface area (Å²) < 4.78 is 18.8. The summed E-state index contributed by atoms with van der Waals surface area (Å²) in [5.41, 5.74) is 1.30. The fourth-order valence-corrected chi connectivity index (χ4v) is 1.72. The van der Waals surface area contributed by atoms with Crippen LogP contribution in [0.1, 0.15) is 12.7 Å². The standard InChI is InChI=1S/C12H12FN3OS/c1-2-17-7-11-15-10(4-12(18)16-11)8-3-9(13)6-14-5-8/h3-6H,2,7H2,1H3,(H,15,16,18). The molecule has 0 spiro atoms. The van der Waals surface area contributed by atoms with Gasteiger partial charge >= 0.3 is 0 Å². The lowest BCUT2D eigenvalue weighted by Crippen LogP contribution is -2.00. The van der Waals surface area contributed by atoms with Crippen molar-refractivity contribution in [2.75, 3.05) is 6.61 Å². The van der Waals surface area contributed by atoms with Gasteiger partial charge in [0.05, 0.1) is 11.9 Å². The van der Waals surface area contributed by atoms with Gasteiger partial charge in [0.15, 0.2) is 0 Å². The molecule has 0 aliphatic rings. The lowest BCUT2D eigenvalue weighted by Gasteiger charge is -2.06. The molecular weight excluding hydrogens is 253 g/mol. The molecule has 1 N–H and O–H groups in total. The Labute approximate surface area is 109 Å². The molecule has 0 atom stereocenters. The zero-order valence-electron chi connectivity index (χ0n) is 9.81. The SMILES string of the molecule is CCOCc1nc(=S)cc(-c2cncc(F)c2)[nH]1. The molecule has 18 heavy (non-hydrogen) atoms. The van der Waals surface area contributed by atoms with Gasteiger partial charge < -0.3 is 9.72 Å². The second-order valence-corrected chi connectivity index (χ2v) is 4.03. The van der Waals surface area contributed by atoms with Gasteiger partial charge in [0.1, 0.15) is 22.9 Å². The summed E-state index contributed by atoms with van der Waals surface area (Å²) in [7, 11) is 0. The predicted octanol–water partition coefficient (Wildman–Crippen LogP) is 2.88. The molecule has 2 rings (SSSR count). The van der Waals surface area contributed by atoms with Gasteiger partial charge in [0.2, 0.25) is 0 Å². The van der Waals surface area contributed by atoms with Gasteiger partial charge in [-0.15, -0.1) is 0 Å². The lowest BCUT2D eigenvalue weighted by molar-refractivity contribution is 0.128. The van der Waals surface area contributed by atoms with Crippen LogP contribution in [-0.2, 0) is 11.3 Å². The van der Waals surface area contributed by atoms with Gasteiger partial charge in [-0.2, -0.15) is 0 Å². The molecule has 6 heteroatoms. The third-order valence-corrected chi connectivity index (χ3v) is 2.46. The van der Waals surface area contributed by atoms with Gasteiger partial charge in [-0.1, -0.05) is 12.2 Å². The third kappa shape index (κ3) is 3.18. The van der Waals surface area contributed by atoms with Crippen LogP contribution in [0.2, 0.25) is 0 Å². The first-order chi connectivity index (χ1) is 8.69. The maximum absolute atomic E-state index is 13.1. The number of H-pyrrole nitrogens is 1. The number of nitrogens with one attached hydrogen (secondary N) is 1. The zero-order chi connectivity index (χ0) is 13.0. The van der Waals surface area contributed by atoms with Crippen molar-refractivity contribution in [3.05, 3.63) is 40.8 Å². The largest absolute Gasteiger partial charge is 0.374 e. The fraction of sp³-hybridized carbons (Fsp3) is 0.250. The van der Waals surface area contributed by atoms with Crippen LogP contribution in [0.3, 0.4) is 0 Å². The Morgan fingerprint density at radius 1 is 1.39 bits per heavy atom. The molecule has 0 bridgehead atoms. The molecule has 0 radical (unpaired) electrons. The van der Waals surface area contributed by atoms with E-state index in [1.807, 2.05) is 6.92 Å². The molecular formula is C12H12FN3OS. The first kappa shape index (κ1) is 12.8. The van der Waals surface area contributed by atoms with Gasteiger partial charge in [-0.3, -0.25) is 4.98 Å². The van der Waals surface area contributed by atoms with Crippen LogP contribution in [0, 0.1) is 10.5 Å². The smallest absolute Gasteiger partial charge is 0.142 e. The Kier molecular flexibility index (Phi) is 4.11. The number of ether oxygens (including phenoxy) is 1. The van der Waals surface area contributed by atoms with Crippen molar-refractivity contribution in [2.24, 2.45) is 0 Å². The van der Waals surface area contributed by atoms with Gasteiger partial charge in [-0.25, -0.2) is 9.37 Å². The Hall–Kier alpha value is -1.66. The van der Waals surface area contributed by atoms with Crippen molar-refractivity contribution in [3.8, 4) is 11.3 Å². The van der Waals surface area contributed by atoms with E-state index in [0.29, 0.717) is 34.9 Å². The van der Waals surface area contributed by atoms with Crippen molar-refractivity contribution in [2.45, 2.75) is 13.5 Å². The van der Waals surface area contributed by atoms with E-state index in [2.05, 4.69) is 15.0 Å². The molecule has 2 heterocycles. The normalized spacial score (nSPS) is 10.6. The number of halogens is 1. The molecule has 2 aromatic rings. The van der Waals surface area contributed by atoms with Crippen LogP contribution in [0.25, 0.3) is 11.3 Å². The minimum absolute atomic E-state index is 0.344. The summed E-state index contributed by atoms with van der Waals surface area (Å²) in [6, 6.07) is 3.05. The highest BCUT2D eigenvalue weighted by molar-refractivity contribution is 7.71. The number of pyridine rings is 1. The van der Waals surface area contributed by atoms with Crippen LogP contribution < -0.4 is 0 Å². The molecule has 0 aromatic carbocycles. The van der Waals surface area contributed by atoms with Crippen molar-refractivity contribution in [3.63, 3.8) is 0 Å². The molecule has 0 aliphatic heterocycles. The van der Waals surface area contributed by atoms with E-state index in [0.717, 1.165) is 6.20 Å². The minimum atomic E-state index is -0.394. The number of hydrogen-bond donors (Lipinski definition) is 1. The monoisotopic (exact) mass is 265 g/mol. The topological polar surface area (TPSA) is 50.8 Å². The summed E-state index contributed by atoms with van der Waals surface area (Å²) in [6.45, 7) is 2.83. The summed E-state index contributed by atoms with van der Waals surface area (Å²) in [4.78, 5) is 11.0. The van der Waals surface area contributed by atoms with E-state index in [4.69, 9.17) is 17.0 Å². The maximum atomic E-state index is 13.1. The van der Waals surface area contributed by atoms with E-state index < -0.39 is 5.82 Å². The molecule has 0 aliphatic carbocycles. The average molecular weight is 265 g/mol. The number of rotatable bonds is 4. The second kappa shape index (κ2) is 5.79. The molecule has 0 unspecified atom stereocenters. The van der Waals surface area contributed by atoms with E-state index >= 15 is 0 Å². The molecule has 0 saturated carbocycles. The Morgan fingerprint density at radius 3 is 2.94 bits per heavy atom. The van der Waals surface area contributed by atoms with E-state index in [9.17, 15) is 4.39 Å². The predicted molar refractivity (Wildman–Crippen MR) is 67.9 cm³/mol. The highest BCUT2D eigenvalue weighted by Crippen LogP contribution is 2.16. The summed E-state index contributed by atoms with van der Waals surface area (Å²) in [5.74, 6) is 0.221. The van der Waals surface area contributed by atoms with E-state index in [1.54, 1.807) is 12.3 Å². The highest BCUT2D eigenvalue weighted by Gasteiger charge is 2.03. The average Bonchev–Trinajstić information content (AvgIpc) is 2.36. The van der Waals surface area contributed by atoms with Crippen LogP contribution in [0.15, 0.2) is 24.5 Å². The Bertz CT molecular complexity index is 600. The van der Waals surface area contributed by atoms with Gasteiger partial charge in [0, 0.05) is 18.4 Å². The summed E-state index contributed by atoms with van der Waals surface area (Å²) >= 11 is 5.07. The number of aromatic amines is 1. The number of nitrogens with zero attached hydrogens (tertiary/aromatic N) is 2. The lowest BCUT2D eigenvalue weighted by atomic mass is 10.2. The Morgan fingerprint density at radius 2 is 2.22 bits per heavy atom. The Balaban J connectivity index is 2.38. The highest BCUT2D eigenvalue weighted by atomic mass is 32.1. The van der Waals surface area contributed by atoms with Gasteiger partial charge in [0.25, 0.3) is 0 Å². The minimum Gasteiger partial charge on any atom is -0.374 e. The van der Waals surface area contributed by atoms with Crippen molar-refractivity contribution in [1.29, 1.82) is 0 Å². The van der Waals surface area contributed by atoms with E-state index in [-0.39, 0.29) is 0 Å². The molecule has 4 nitrogen and oxygen atoms in total. The number of aromatic nitrogens is 3. The van der Waals surface area contributed by atoms with Crippen LogP contribution in [0.5, 0.6) is 0 Å². The second-order valence-electron chi connectivity index (χ2n) is 3.61. The van der Waals surface area contributed by atoms with Crippen LogP contribution in [0.4, 0.5) is 4.39 Å². The van der Waals surface area contributed by atoms with Crippen molar-refractivity contribution < 1.29 is 9.13 Å². The molecule has 0 fully saturated rings. The quantitative estimate of drug-likeness (QED) is 0.864. The van der Waals surface area contributed by atoms with E-state index in [1.165, 1.54) is 6.07 Å². The first-order valence-corrected chi connectivity index (χ1v) is 5.89. The maximum Gasteiger partial charge on any atom is 0.142 e. The van der Waals surface area contributed by atoms with Crippen molar-refractivity contribution >= 4 is 12.2 Å². The molecule has 0 saturated heterocycles. The molecule has 94 valence electrons. The van der Waals surface area contributed by atoms with Crippen LogP contribution >= 0.6 is 12.2 Å². The van der Waals surface area contributed by atoms with Crippen LogP contribution in [-0.4, -0.2) is 21.6 Å². The third-order valence-electron chi connectivity index (χ3n) is 2.25. The fourth-order valence-electron chi connectivity index (χ4n) is 1.49. The summed E-state index contributed by atoms with van der Waals surface area (Å²) in [6.07, 6.45) is 2.72. The zero-order valence-corrected chi connectivity index (χ0v) is 10.6. The molecule has 0 amide bonds. The first-order valence-electron chi connectivity index (χ1n) is 5.48. The van der Waals surface area contributed by atoms with Gasteiger partial charge in [-0.05, 0) is 19.1 Å². The van der Waals surface area contributed by atoms with Crippen molar-refractivity contribution in [1.82, 2.24) is 15.0 Å². The molecule has 2 aromatic heterocycles. The number of hydrogen-bond acceptors (Lipinski definition) is 4. The summed E-state index contributed by atoms with van der Waals surface area (Å²) in [5, 5.41) is 0.